The summed E-state index contributed by atoms with van der Waals surface area (Å²) in [5.74, 6) is 0.613. The highest BCUT2D eigenvalue weighted by Gasteiger charge is 2.37. The standard InChI is InChI=1S/C11H16N4O2S/c16-18(17,14-9-2-3-9)10-4-7-15(8-10)11-12-5-1-6-13-11/h1,5-6,9-10,14H,2-4,7-8H2/t10-/m0/s1. The van der Waals surface area contributed by atoms with Gasteiger partial charge in [-0.15, -0.1) is 0 Å². The van der Waals surface area contributed by atoms with Crippen LogP contribution in [0.4, 0.5) is 5.95 Å². The zero-order valence-corrected chi connectivity index (χ0v) is 10.8. The van der Waals surface area contributed by atoms with Gasteiger partial charge in [-0.3, -0.25) is 0 Å². The normalized spacial score (nSPS) is 24.4. The van der Waals surface area contributed by atoms with Crippen LogP contribution in [0.3, 0.4) is 0 Å². The van der Waals surface area contributed by atoms with Crippen molar-refractivity contribution in [3.63, 3.8) is 0 Å². The van der Waals surface area contributed by atoms with Gasteiger partial charge in [-0.2, -0.15) is 0 Å². The maximum absolute atomic E-state index is 12.1. The number of nitrogens with one attached hydrogen (secondary N) is 1. The van der Waals surface area contributed by atoms with E-state index in [1.165, 1.54) is 0 Å². The minimum absolute atomic E-state index is 0.178. The molecule has 3 rings (SSSR count). The summed E-state index contributed by atoms with van der Waals surface area (Å²) in [6, 6.07) is 1.93. The molecule has 0 aromatic carbocycles. The van der Waals surface area contributed by atoms with Crippen LogP contribution in [0.25, 0.3) is 0 Å². The number of rotatable bonds is 4. The lowest BCUT2D eigenvalue weighted by Gasteiger charge is -2.16. The molecule has 1 N–H and O–H groups in total. The van der Waals surface area contributed by atoms with Crippen LogP contribution in [0, 0.1) is 0 Å². The van der Waals surface area contributed by atoms with Crippen LogP contribution in [0.15, 0.2) is 18.5 Å². The lowest BCUT2D eigenvalue weighted by molar-refractivity contribution is 0.568. The Bertz CT molecular complexity index is 515. The van der Waals surface area contributed by atoms with Crippen LogP contribution in [0.2, 0.25) is 0 Å². The molecule has 1 atom stereocenters. The molecule has 0 amide bonds. The van der Waals surface area contributed by atoms with Crippen LogP contribution in [-0.2, 0) is 10.0 Å². The van der Waals surface area contributed by atoms with Gasteiger partial charge < -0.3 is 4.90 Å². The summed E-state index contributed by atoms with van der Waals surface area (Å²) < 4.78 is 26.9. The molecule has 0 bridgehead atoms. The Labute approximate surface area is 106 Å². The molecule has 0 unspecified atom stereocenters. The van der Waals surface area contributed by atoms with E-state index in [2.05, 4.69) is 14.7 Å². The highest BCUT2D eigenvalue weighted by Crippen LogP contribution is 2.24. The fraction of sp³-hybridized carbons (Fsp3) is 0.636. The molecule has 1 aromatic heterocycles. The molecule has 1 aliphatic carbocycles. The van der Waals surface area contributed by atoms with E-state index in [1.807, 2.05) is 4.90 Å². The van der Waals surface area contributed by atoms with Gasteiger partial charge in [-0.1, -0.05) is 0 Å². The van der Waals surface area contributed by atoms with Crippen molar-refractivity contribution >= 4 is 16.0 Å². The van der Waals surface area contributed by atoms with Gasteiger partial charge in [0.1, 0.15) is 0 Å². The SMILES string of the molecule is O=S(=O)(NC1CC1)[C@H]1CCN(c2ncccn2)C1. The van der Waals surface area contributed by atoms with E-state index in [1.54, 1.807) is 18.5 Å². The molecule has 1 saturated heterocycles. The third kappa shape index (κ3) is 2.46. The van der Waals surface area contributed by atoms with Gasteiger partial charge in [0.05, 0.1) is 5.25 Å². The predicted octanol–water partition coefficient (Wildman–Crippen LogP) is 0.137. The predicted molar refractivity (Wildman–Crippen MR) is 67.7 cm³/mol. The molecule has 18 heavy (non-hydrogen) atoms. The van der Waals surface area contributed by atoms with E-state index in [0.717, 1.165) is 12.8 Å². The molecular weight excluding hydrogens is 252 g/mol. The van der Waals surface area contributed by atoms with Gasteiger partial charge in [0.25, 0.3) is 0 Å². The maximum Gasteiger partial charge on any atom is 0.225 e. The van der Waals surface area contributed by atoms with E-state index in [9.17, 15) is 8.42 Å². The highest BCUT2D eigenvalue weighted by atomic mass is 32.2. The van der Waals surface area contributed by atoms with Crippen molar-refractivity contribution in [1.82, 2.24) is 14.7 Å². The first kappa shape index (κ1) is 11.9. The molecule has 2 aliphatic rings. The Morgan fingerprint density at radius 3 is 2.61 bits per heavy atom. The fourth-order valence-electron chi connectivity index (χ4n) is 2.15. The maximum atomic E-state index is 12.1. The summed E-state index contributed by atoms with van der Waals surface area (Å²) in [6.45, 7) is 1.17. The number of hydrogen-bond donors (Lipinski definition) is 1. The first-order valence-corrected chi connectivity index (χ1v) is 7.73. The van der Waals surface area contributed by atoms with Crippen molar-refractivity contribution in [2.45, 2.75) is 30.6 Å². The summed E-state index contributed by atoms with van der Waals surface area (Å²) in [6.07, 6.45) is 5.93. The van der Waals surface area contributed by atoms with Gasteiger partial charge in [-0.05, 0) is 25.3 Å². The Hall–Kier alpha value is -1.21. The van der Waals surface area contributed by atoms with E-state index in [4.69, 9.17) is 0 Å². The summed E-state index contributed by atoms with van der Waals surface area (Å²) in [7, 11) is -3.18. The van der Waals surface area contributed by atoms with Crippen LogP contribution >= 0.6 is 0 Å². The second-order valence-corrected chi connectivity index (χ2v) is 6.84. The van der Waals surface area contributed by atoms with Crippen molar-refractivity contribution in [2.75, 3.05) is 18.0 Å². The molecule has 1 aliphatic heterocycles. The van der Waals surface area contributed by atoms with Crippen molar-refractivity contribution < 1.29 is 8.42 Å². The van der Waals surface area contributed by atoms with Crippen molar-refractivity contribution in [3.8, 4) is 0 Å². The molecule has 0 spiro atoms. The molecule has 0 radical (unpaired) electrons. The molecular formula is C11H16N4O2S. The molecule has 1 aromatic rings. The lowest BCUT2D eigenvalue weighted by Crippen LogP contribution is -2.37. The number of nitrogens with zero attached hydrogens (tertiary/aromatic N) is 3. The van der Waals surface area contributed by atoms with E-state index in [-0.39, 0.29) is 11.3 Å². The fourth-order valence-corrected chi connectivity index (χ4v) is 3.83. The van der Waals surface area contributed by atoms with Crippen LogP contribution in [0.1, 0.15) is 19.3 Å². The number of aromatic nitrogens is 2. The van der Waals surface area contributed by atoms with E-state index >= 15 is 0 Å². The number of sulfonamides is 1. The van der Waals surface area contributed by atoms with Crippen LogP contribution in [0.5, 0.6) is 0 Å². The van der Waals surface area contributed by atoms with Crippen LogP contribution < -0.4 is 9.62 Å². The summed E-state index contributed by atoms with van der Waals surface area (Å²) >= 11 is 0. The van der Waals surface area contributed by atoms with E-state index in [0.29, 0.717) is 25.5 Å². The minimum Gasteiger partial charge on any atom is -0.339 e. The molecule has 98 valence electrons. The topological polar surface area (TPSA) is 75.2 Å². The van der Waals surface area contributed by atoms with Gasteiger partial charge in [-0.25, -0.2) is 23.1 Å². The quantitative estimate of drug-likeness (QED) is 0.840. The van der Waals surface area contributed by atoms with Crippen molar-refractivity contribution in [2.24, 2.45) is 0 Å². The summed E-state index contributed by atoms with van der Waals surface area (Å²) in [5, 5.41) is -0.345. The second-order valence-electron chi connectivity index (χ2n) is 4.84. The molecule has 7 heteroatoms. The Balaban J connectivity index is 1.68. The Kier molecular flexibility index (Phi) is 2.95. The lowest BCUT2D eigenvalue weighted by atomic mass is 10.4. The smallest absolute Gasteiger partial charge is 0.225 e. The van der Waals surface area contributed by atoms with Crippen molar-refractivity contribution in [1.29, 1.82) is 0 Å². The van der Waals surface area contributed by atoms with Crippen molar-refractivity contribution in [3.05, 3.63) is 18.5 Å². The van der Waals surface area contributed by atoms with Gasteiger partial charge in [0.15, 0.2) is 0 Å². The number of hydrogen-bond acceptors (Lipinski definition) is 5. The molecule has 1 saturated carbocycles. The molecule has 2 fully saturated rings. The first-order chi connectivity index (χ1) is 8.65. The van der Waals surface area contributed by atoms with Gasteiger partial charge in [0, 0.05) is 31.5 Å². The average molecular weight is 268 g/mol. The van der Waals surface area contributed by atoms with Crippen LogP contribution in [-0.4, -0.2) is 42.8 Å². The van der Waals surface area contributed by atoms with Gasteiger partial charge in [0.2, 0.25) is 16.0 Å². The van der Waals surface area contributed by atoms with Gasteiger partial charge >= 0.3 is 0 Å². The Morgan fingerprint density at radius 2 is 1.94 bits per heavy atom. The Morgan fingerprint density at radius 1 is 1.22 bits per heavy atom. The molecule has 6 nitrogen and oxygen atoms in total. The average Bonchev–Trinajstić information content (AvgIpc) is 3.01. The first-order valence-electron chi connectivity index (χ1n) is 6.18. The highest BCUT2D eigenvalue weighted by molar-refractivity contribution is 7.90. The summed E-state index contributed by atoms with van der Waals surface area (Å²) in [4.78, 5) is 10.2. The number of anilines is 1. The minimum atomic E-state index is -3.18. The largest absolute Gasteiger partial charge is 0.339 e. The zero-order chi connectivity index (χ0) is 12.6. The van der Waals surface area contributed by atoms with E-state index < -0.39 is 10.0 Å². The second kappa shape index (κ2) is 4.47. The third-order valence-electron chi connectivity index (χ3n) is 3.33. The monoisotopic (exact) mass is 268 g/mol. The molecule has 2 heterocycles. The summed E-state index contributed by atoms with van der Waals surface area (Å²) in [5.41, 5.74) is 0. The third-order valence-corrected chi connectivity index (χ3v) is 5.25. The zero-order valence-electron chi connectivity index (χ0n) is 9.99.